The van der Waals surface area contributed by atoms with Gasteiger partial charge in [-0.1, -0.05) is 29.8 Å². The lowest BCUT2D eigenvalue weighted by Crippen LogP contribution is -2.37. The Morgan fingerprint density at radius 1 is 1.11 bits per heavy atom. The molecule has 1 saturated heterocycles. The molecular weight excluding hydrogens is 340 g/mol. The van der Waals surface area contributed by atoms with E-state index in [-0.39, 0.29) is 11.9 Å². The molecule has 0 aliphatic carbocycles. The van der Waals surface area contributed by atoms with Gasteiger partial charge in [0.05, 0.1) is 19.3 Å². The number of aryl methyl sites for hydroxylation is 1. The molecule has 27 heavy (non-hydrogen) atoms. The molecule has 0 saturated carbocycles. The molecule has 2 aromatic carbocycles. The van der Waals surface area contributed by atoms with Crippen LogP contribution in [0, 0.1) is 6.92 Å². The first-order chi connectivity index (χ1) is 13.1. The minimum atomic E-state index is -0.0770. The summed E-state index contributed by atoms with van der Waals surface area (Å²) in [5.41, 5.74) is 3.08. The SMILES string of the molecule is Cc1ccc(OCC(C)NC(=O)c2ccc(CN3CCOCC3)cc2)cc1. The lowest BCUT2D eigenvalue weighted by Gasteiger charge is -2.26. The van der Waals surface area contributed by atoms with Crippen LogP contribution in [0.3, 0.4) is 0 Å². The fourth-order valence-electron chi connectivity index (χ4n) is 2.98. The van der Waals surface area contributed by atoms with E-state index in [1.165, 1.54) is 11.1 Å². The van der Waals surface area contributed by atoms with Crippen LogP contribution in [0.5, 0.6) is 5.75 Å². The van der Waals surface area contributed by atoms with Gasteiger partial charge in [-0.3, -0.25) is 9.69 Å². The Bertz CT molecular complexity index is 722. The van der Waals surface area contributed by atoms with E-state index in [4.69, 9.17) is 9.47 Å². The largest absolute Gasteiger partial charge is 0.491 e. The maximum atomic E-state index is 12.4. The van der Waals surface area contributed by atoms with Gasteiger partial charge in [-0.25, -0.2) is 0 Å². The topological polar surface area (TPSA) is 50.8 Å². The molecule has 3 rings (SSSR count). The zero-order valence-corrected chi connectivity index (χ0v) is 16.1. The van der Waals surface area contributed by atoms with Crippen molar-refractivity contribution in [2.45, 2.75) is 26.4 Å². The van der Waals surface area contributed by atoms with E-state index in [2.05, 4.69) is 10.2 Å². The van der Waals surface area contributed by atoms with Gasteiger partial charge >= 0.3 is 0 Å². The molecule has 1 fully saturated rings. The van der Waals surface area contributed by atoms with E-state index in [9.17, 15) is 4.79 Å². The number of rotatable bonds is 7. The third-order valence-electron chi connectivity index (χ3n) is 4.62. The highest BCUT2D eigenvalue weighted by atomic mass is 16.5. The summed E-state index contributed by atoms with van der Waals surface area (Å²) in [5.74, 6) is 0.738. The normalized spacial score (nSPS) is 15.9. The Kier molecular flexibility index (Phi) is 6.85. The van der Waals surface area contributed by atoms with Crippen LogP contribution in [0.1, 0.15) is 28.4 Å². The van der Waals surface area contributed by atoms with Gasteiger partial charge in [-0.05, 0) is 43.7 Å². The smallest absolute Gasteiger partial charge is 0.251 e. The van der Waals surface area contributed by atoms with Gasteiger partial charge in [0.15, 0.2) is 0 Å². The van der Waals surface area contributed by atoms with Crippen molar-refractivity contribution in [2.75, 3.05) is 32.9 Å². The molecule has 144 valence electrons. The first-order valence-electron chi connectivity index (χ1n) is 9.49. The number of carbonyl (C=O) groups is 1. The predicted octanol–water partition coefficient (Wildman–Crippen LogP) is 3.02. The maximum Gasteiger partial charge on any atom is 0.251 e. The molecule has 0 bridgehead atoms. The number of hydrogen-bond acceptors (Lipinski definition) is 4. The van der Waals surface area contributed by atoms with Gasteiger partial charge < -0.3 is 14.8 Å². The number of ether oxygens (including phenoxy) is 2. The van der Waals surface area contributed by atoms with Crippen molar-refractivity contribution < 1.29 is 14.3 Å². The number of morpholine rings is 1. The van der Waals surface area contributed by atoms with Crippen LogP contribution in [0.2, 0.25) is 0 Å². The van der Waals surface area contributed by atoms with E-state index in [1.54, 1.807) is 0 Å². The molecular formula is C22H28N2O3. The highest BCUT2D eigenvalue weighted by Gasteiger charge is 2.13. The minimum absolute atomic E-state index is 0.0760. The first kappa shape index (κ1) is 19.4. The van der Waals surface area contributed by atoms with Gasteiger partial charge in [0.1, 0.15) is 12.4 Å². The van der Waals surface area contributed by atoms with E-state index in [0.717, 1.165) is 38.6 Å². The number of amides is 1. The molecule has 1 heterocycles. The first-order valence-corrected chi connectivity index (χ1v) is 9.49. The number of hydrogen-bond donors (Lipinski definition) is 1. The van der Waals surface area contributed by atoms with Crippen molar-refractivity contribution in [1.29, 1.82) is 0 Å². The third-order valence-corrected chi connectivity index (χ3v) is 4.62. The summed E-state index contributed by atoms with van der Waals surface area (Å²) in [6.07, 6.45) is 0. The zero-order chi connectivity index (χ0) is 19.1. The summed E-state index contributed by atoms with van der Waals surface area (Å²) < 4.78 is 11.1. The third kappa shape index (κ3) is 6.08. The highest BCUT2D eigenvalue weighted by molar-refractivity contribution is 5.94. The molecule has 1 atom stereocenters. The van der Waals surface area contributed by atoms with Crippen molar-refractivity contribution in [3.63, 3.8) is 0 Å². The van der Waals surface area contributed by atoms with Crippen LogP contribution in [-0.4, -0.2) is 49.8 Å². The number of carbonyl (C=O) groups excluding carboxylic acids is 1. The Hall–Kier alpha value is -2.37. The molecule has 1 aliphatic rings. The standard InChI is InChI=1S/C22H28N2O3/c1-17-3-9-21(10-4-17)27-16-18(2)23-22(25)20-7-5-19(6-8-20)15-24-11-13-26-14-12-24/h3-10,18H,11-16H2,1-2H3,(H,23,25). The summed E-state index contributed by atoms with van der Waals surface area (Å²) in [7, 11) is 0. The highest BCUT2D eigenvalue weighted by Crippen LogP contribution is 2.12. The summed E-state index contributed by atoms with van der Waals surface area (Å²) in [6, 6.07) is 15.7. The van der Waals surface area contributed by atoms with Crippen LogP contribution in [0.15, 0.2) is 48.5 Å². The molecule has 5 heteroatoms. The monoisotopic (exact) mass is 368 g/mol. The quantitative estimate of drug-likeness (QED) is 0.816. The molecule has 1 unspecified atom stereocenters. The van der Waals surface area contributed by atoms with Gasteiger partial charge in [-0.2, -0.15) is 0 Å². The minimum Gasteiger partial charge on any atom is -0.491 e. The second kappa shape index (κ2) is 9.53. The fraction of sp³-hybridized carbons (Fsp3) is 0.409. The fourth-order valence-corrected chi connectivity index (χ4v) is 2.98. The van der Waals surface area contributed by atoms with Crippen LogP contribution in [0.4, 0.5) is 0 Å². The number of nitrogens with one attached hydrogen (secondary N) is 1. The molecule has 0 aromatic heterocycles. The number of nitrogens with zero attached hydrogens (tertiary/aromatic N) is 1. The average Bonchev–Trinajstić information content (AvgIpc) is 2.69. The van der Waals surface area contributed by atoms with Gasteiger partial charge in [0.2, 0.25) is 0 Å². The molecule has 5 nitrogen and oxygen atoms in total. The van der Waals surface area contributed by atoms with Crippen LogP contribution in [-0.2, 0) is 11.3 Å². The predicted molar refractivity (Wildman–Crippen MR) is 106 cm³/mol. The van der Waals surface area contributed by atoms with E-state index < -0.39 is 0 Å². The van der Waals surface area contributed by atoms with Crippen LogP contribution < -0.4 is 10.1 Å². The summed E-state index contributed by atoms with van der Waals surface area (Å²) in [5, 5.41) is 2.99. The summed E-state index contributed by atoms with van der Waals surface area (Å²) in [4.78, 5) is 14.8. The molecule has 1 N–H and O–H groups in total. The average molecular weight is 368 g/mol. The van der Waals surface area contributed by atoms with E-state index in [0.29, 0.717) is 12.2 Å². The van der Waals surface area contributed by atoms with Crippen molar-refractivity contribution in [3.05, 3.63) is 65.2 Å². The van der Waals surface area contributed by atoms with Gasteiger partial charge in [-0.15, -0.1) is 0 Å². The summed E-state index contributed by atoms with van der Waals surface area (Å²) >= 11 is 0. The van der Waals surface area contributed by atoms with Crippen LogP contribution >= 0.6 is 0 Å². The molecule has 2 aromatic rings. The Labute approximate surface area is 161 Å². The van der Waals surface area contributed by atoms with Gasteiger partial charge in [0, 0.05) is 25.2 Å². The Balaban J connectivity index is 1.45. The maximum absolute atomic E-state index is 12.4. The van der Waals surface area contributed by atoms with Crippen LogP contribution in [0.25, 0.3) is 0 Å². The van der Waals surface area contributed by atoms with E-state index in [1.807, 2.05) is 62.4 Å². The number of benzene rings is 2. The van der Waals surface area contributed by atoms with Crippen molar-refractivity contribution in [2.24, 2.45) is 0 Å². The van der Waals surface area contributed by atoms with Gasteiger partial charge in [0.25, 0.3) is 5.91 Å². The molecule has 0 spiro atoms. The molecule has 0 radical (unpaired) electrons. The second-order valence-corrected chi connectivity index (χ2v) is 7.08. The van der Waals surface area contributed by atoms with Crippen molar-refractivity contribution in [3.8, 4) is 5.75 Å². The van der Waals surface area contributed by atoms with E-state index >= 15 is 0 Å². The Morgan fingerprint density at radius 2 is 1.78 bits per heavy atom. The van der Waals surface area contributed by atoms with Crippen molar-refractivity contribution >= 4 is 5.91 Å². The lowest BCUT2D eigenvalue weighted by atomic mass is 10.1. The Morgan fingerprint density at radius 3 is 2.44 bits per heavy atom. The lowest BCUT2D eigenvalue weighted by molar-refractivity contribution is 0.0342. The zero-order valence-electron chi connectivity index (χ0n) is 16.1. The summed E-state index contributed by atoms with van der Waals surface area (Å²) in [6.45, 7) is 8.82. The second-order valence-electron chi connectivity index (χ2n) is 7.08. The molecule has 1 aliphatic heterocycles. The molecule has 1 amide bonds. The van der Waals surface area contributed by atoms with Crippen molar-refractivity contribution in [1.82, 2.24) is 10.2 Å².